The number of nitrogens with one attached hydrogen (secondary N) is 1. The maximum absolute atomic E-state index is 10.8. The van der Waals surface area contributed by atoms with Gasteiger partial charge in [0.2, 0.25) is 5.76 Å². The second-order valence-electron chi connectivity index (χ2n) is 3.78. The van der Waals surface area contributed by atoms with Crippen LogP contribution in [0.15, 0.2) is 16.7 Å². The van der Waals surface area contributed by atoms with E-state index in [1.807, 2.05) is 0 Å². The number of hydrogen-bond acceptors (Lipinski definition) is 5. The van der Waals surface area contributed by atoms with Crippen LogP contribution in [-0.2, 0) is 16.0 Å². The molecule has 0 saturated carbocycles. The van der Waals surface area contributed by atoms with Gasteiger partial charge in [0.25, 0.3) is 0 Å². The third kappa shape index (κ3) is 3.29. The molecule has 6 heteroatoms. The van der Waals surface area contributed by atoms with Crippen molar-refractivity contribution in [1.82, 2.24) is 5.32 Å². The molecule has 0 bridgehead atoms. The highest BCUT2D eigenvalue weighted by atomic mass is 16.6. The second-order valence-corrected chi connectivity index (χ2v) is 3.78. The summed E-state index contributed by atoms with van der Waals surface area (Å²) < 4.78 is 15.6. The van der Waals surface area contributed by atoms with Crippen molar-refractivity contribution in [2.24, 2.45) is 0 Å². The summed E-state index contributed by atoms with van der Waals surface area (Å²) in [5.74, 6) is -1.07. The highest BCUT2D eigenvalue weighted by Crippen LogP contribution is 2.10. The Morgan fingerprint density at radius 3 is 3.12 bits per heavy atom. The minimum absolute atomic E-state index is 0.0155. The topological polar surface area (TPSA) is 80.9 Å². The highest BCUT2D eigenvalue weighted by molar-refractivity contribution is 5.86. The van der Waals surface area contributed by atoms with Crippen LogP contribution in [0, 0.1) is 0 Å². The van der Waals surface area contributed by atoms with E-state index in [2.05, 4.69) is 5.32 Å². The van der Waals surface area contributed by atoms with Gasteiger partial charge in [0.15, 0.2) is 0 Å². The first kappa shape index (κ1) is 12.1. The average Bonchev–Trinajstić information content (AvgIpc) is 2.79. The molecule has 1 aliphatic rings. The summed E-state index contributed by atoms with van der Waals surface area (Å²) >= 11 is 0. The summed E-state index contributed by atoms with van der Waals surface area (Å²) in [5.41, 5.74) is 0.634. The molecule has 2 N–H and O–H groups in total. The Morgan fingerprint density at radius 1 is 1.53 bits per heavy atom. The van der Waals surface area contributed by atoms with Gasteiger partial charge in [0.05, 0.1) is 32.2 Å². The van der Waals surface area contributed by atoms with Crippen molar-refractivity contribution in [2.75, 3.05) is 26.4 Å². The molecule has 1 aromatic rings. The fourth-order valence-electron chi connectivity index (χ4n) is 1.68. The van der Waals surface area contributed by atoms with Crippen LogP contribution < -0.4 is 5.32 Å². The van der Waals surface area contributed by atoms with E-state index in [-0.39, 0.29) is 11.9 Å². The Labute approximate surface area is 98.5 Å². The standard InChI is InChI=1S/C11H15NO5/c13-11(14)10-8(1-2-17-10)5-12-6-9-7-15-3-4-16-9/h1-2,9,12H,3-7H2,(H,13,14). The van der Waals surface area contributed by atoms with Crippen molar-refractivity contribution >= 4 is 5.97 Å². The Hall–Kier alpha value is -1.37. The Morgan fingerprint density at radius 2 is 2.41 bits per heavy atom. The average molecular weight is 241 g/mol. The molecule has 0 spiro atoms. The molecule has 0 amide bonds. The number of rotatable bonds is 5. The highest BCUT2D eigenvalue weighted by Gasteiger charge is 2.16. The van der Waals surface area contributed by atoms with E-state index in [9.17, 15) is 4.79 Å². The molecular formula is C11H15NO5. The van der Waals surface area contributed by atoms with Gasteiger partial charge in [-0.15, -0.1) is 0 Å². The molecule has 94 valence electrons. The summed E-state index contributed by atoms with van der Waals surface area (Å²) in [5, 5.41) is 12.0. The first-order chi connectivity index (χ1) is 8.27. The van der Waals surface area contributed by atoms with Crippen LogP contribution in [-0.4, -0.2) is 43.5 Å². The second kappa shape index (κ2) is 5.81. The van der Waals surface area contributed by atoms with Crippen molar-refractivity contribution in [2.45, 2.75) is 12.6 Å². The normalized spacial score (nSPS) is 20.4. The molecule has 2 rings (SSSR count). The molecule has 1 aromatic heterocycles. The molecule has 2 heterocycles. The van der Waals surface area contributed by atoms with Gasteiger partial charge in [-0.1, -0.05) is 0 Å². The van der Waals surface area contributed by atoms with Gasteiger partial charge in [0, 0.05) is 18.7 Å². The number of hydrogen-bond donors (Lipinski definition) is 2. The van der Waals surface area contributed by atoms with Gasteiger partial charge in [-0.2, -0.15) is 0 Å². The van der Waals surface area contributed by atoms with E-state index < -0.39 is 5.97 Å². The van der Waals surface area contributed by atoms with E-state index in [0.717, 1.165) is 0 Å². The summed E-state index contributed by atoms with van der Waals surface area (Å²) in [6.07, 6.45) is 1.41. The third-order valence-corrected chi connectivity index (χ3v) is 2.51. The van der Waals surface area contributed by atoms with Crippen molar-refractivity contribution in [3.63, 3.8) is 0 Å². The van der Waals surface area contributed by atoms with Gasteiger partial charge >= 0.3 is 5.97 Å². The van der Waals surface area contributed by atoms with Crippen LogP contribution in [0.3, 0.4) is 0 Å². The van der Waals surface area contributed by atoms with E-state index in [1.54, 1.807) is 6.07 Å². The van der Waals surface area contributed by atoms with Crippen molar-refractivity contribution in [3.8, 4) is 0 Å². The lowest BCUT2D eigenvalue weighted by Gasteiger charge is -2.23. The van der Waals surface area contributed by atoms with Crippen LogP contribution in [0.25, 0.3) is 0 Å². The number of furan rings is 1. The van der Waals surface area contributed by atoms with Gasteiger partial charge in [-0.25, -0.2) is 4.79 Å². The summed E-state index contributed by atoms with van der Waals surface area (Å²) in [6.45, 7) is 2.90. The fraction of sp³-hybridized carbons (Fsp3) is 0.545. The summed E-state index contributed by atoms with van der Waals surface area (Å²) in [4.78, 5) is 10.8. The zero-order valence-corrected chi connectivity index (χ0v) is 9.35. The van der Waals surface area contributed by atoms with Crippen LogP contribution in [0.4, 0.5) is 0 Å². The molecule has 1 aliphatic heterocycles. The largest absolute Gasteiger partial charge is 0.475 e. The van der Waals surface area contributed by atoms with Crippen LogP contribution in [0.2, 0.25) is 0 Å². The first-order valence-electron chi connectivity index (χ1n) is 5.47. The van der Waals surface area contributed by atoms with E-state index >= 15 is 0 Å². The predicted molar refractivity (Wildman–Crippen MR) is 57.9 cm³/mol. The summed E-state index contributed by atoms with van der Waals surface area (Å²) in [7, 11) is 0. The lowest BCUT2D eigenvalue weighted by molar-refractivity contribution is -0.0864. The lowest BCUT2D eigenvalue weighted by Crippen LogP contribution is -2.37. The minimum atomic E-state index is -1.05. The quantitative estimate of drug-likeness (QED) is 0.780. The number of ether oxygens (including phenoxy) is 2. The Balaban J connectivity index is 1.77. The molecule has 1 fully saturated rings. The van der Waals surface area contributed by atoms with Gasteiger partial charge < -0.3 is 24.3 Å². The predicted octanol–water partition coefficient (Wildman–Crippen LogP) is 0.483. The first-order valence-corrected chi connectivity index (χ1v) is 5.47. The molecule has 0 aromatic carbocycles. The number of aromatic carboxylic acids is 1. The maximum Gasteiger partial charge on any atom is 0.372 e. The van der Waals surface area contributed by atoms with Crippen molar-refractivity contribution in [3.05, 3.63) is 23.7 Å². The van der Waals surface area contributed by atoms with Crippen LogP contribution >= 0.6 is 0 Å². The lowest BCUT2D eigenvalue weighted by atomic mass is 10.2. The van der Waals surface area contributed by atoms with Gasteiger partial charge in [0.1, 0.15) is 0 Å². The number of carbonyl (C=O) groups is 1. The zero-order valence-electron chi connectivity index (χ0n) is 9.35. The Bertz CT molecular complexity index is 370. The van der Waals surface area contributed by atoms with Crippen molar-refractivity contribution in [1.29, 1.82) is 0 Å². The van der Waals surface area contributed by atoms with E-state index in [0.29, 0.717) is 38.5 Å². The van der Waals surface area contributed by atoms with Crippen LogP contribution in [0.1, 0.15) is 16.1 Å². The smallest absolute Gasteiger partial charge is 0.372 e. The van der Waals surface area contributed by atoms with Crippen molar-refractivity contribution < 1.29 is 23.8 Å². The van der Waals surface area contributed by atoms with Crippen LogP contribution in [0.5, 0.6) is 0 Å². The Kier molecular flexibility index (Phi) is 4.13. The maximum atomic E-state index is 10.8. The molecule has 17 heavy (non-hydrogen) atoms. The minimum Gasteiger partial charge on any atom is -0.475 e. The fourth-order valence-corrected chi connectivity index (χ4v) is 1.68. The zero-order chi connectivity index (χ0) is 12.1. The monoisotopic (exact) mass is 241 g/mol. The molecule has 0 aliphatic carbocycles. The molecular weight excluding hydrogens is 226 g/mol. The van der Waals surface area contributed by atoms with E-state index in [1.165, 1.54) is 6.26 Å². The molecule has 6 nitrogen and oxygen atoms in total. The van der Waals surface area contributed by atoms with Gasteiger partial charge in [-0.3, -0.25) is 0 Å². The SMILES string of the molecule is O=C(O)c1occc1CNCC1COCCO1. The molecule has 1 saturated heterocycles. The molecule has 0 radical (unpaired) electrons. The molecule has 1 atom stereocenters. The third-order valence-electron chi connectivity index (χ3n) is 2.51. The molecule has 1 unspecified atom stereocenters. The van der Waals surface area contributed by atoms with Gasteiger partial charge in [-0.05, 0) is 6.07 Å². The number of carboxylic acids is 1. The number of carboxylic acid groups (broad SMARTS) is 1. The van der Waals surface area contributed by atoms with E-state index in [4.69, 9.17) is 19.0 Å². The summed E-state index contributed by atoms with van der Waals surface area (Å²) in [6, 6.07) is 1.65.